The number of anilines is 1. The lowest BCUT2D eigenvalue weighted by Gasteiger charge is -2.29. The zero-order chi connectivity index (χ0) is 14.6. The summed E-state index contributed by atoms with van der Waals surface area (Å²) in [6.45, 7) is 5.22. The van der Waals surface area contributed by atoms with Crippen LogP contribution in [0.2, 0.25) is 0 Å². The number of nitrogens with zero attached hydrogens (tertiary/aromatic N) is 2. The van der Waals surface area contributed by atoms with Crippen LogP contribution in [0.4, 0.5) is 10.6 Å². The van der Waals surface area contributed by atoms with Gasteiger partial charge in [0.1, 0.15) is 11.9 Å². The number of carboxylic acid groups (broad SMARTS) is 1. The van der Waals surface area contributed by atoms with E-state index >= 15 is 0 Å². The van der Waals surface area contributed by atoms with Gasteiger partial charge in [0.05, 0.1) is 7.11 Å². The molecular weight excluding hydrogens is 248 g/mol. The molecule has 1 rings (SSSR count). The number of rotatable bonds is 4. The molecule has 1 amide bonds. The van der Waals surface area contributed by atoms with Crippen molar-refractivity contribution in [2.75, 3.05) is 12.0 Å². The van der Waals surface area contributed by atoms with Gasteiger partial charge in [-0.15, -0.1) is 0 Å². The molecule has 1 N–H and O–H groups in total. The molecular formula is C13H18N2O4. The first-order valence-corrected chi connectivity index (χ1v) is 5.92. The summed E-state index contributed by atoms with van der Waals surface area (Å²) in [5, 5.41) is 9.31. The second-order valence-electron chi connectivity index (χ2n) is 4.50. The van der Waals surface area contributed by atoms with Crippen molar-refractivity contribution in [3.8, 4) is 0 Å². The molecule has 0 aliphatic rings. The number of hydrogen-bond acceptors (Lipinski definition) is 4. The fourth-order valence-electron chi connectivity index (χ4n) is 1.80. The van der Waals surface area contributed by atoms with Crippen LogP contribution in [0.25, 0.3) is 0 Å². The van der Waals surface area contributed by atoms with E-state index in [1.807, 2.05) is 0 Å². The molecule has 0 radical (unpaired) electrons. The molecule has 1 atom stereocenters. The Morgan fingerprint density at radius 1 is 1.37 bits per heavy atom. The van der Waals surface area contributed by atoms with Gasteiger partial charge >= 0.3 is 12.1 Å². The first kappa shape index (κ1) is 14.9. The summed E-state index contributed by atoms with van der Waals surface area (Å²) in [6, 6.07) is 4.04. The molecule has 0 fully saturated rings. The molecule has 0 aliphatic heterocycles. The van der Waals surface area contributed by atoms with Crippen LogP contribution in [0, 0.1) is 12.8 Å². The molecule has 0 saturated heterocycles. The van der Waals surface area contributed by atoms with Crippen LogP contribution in [0.3, 0.4) is 0 Å². The van der Waals surface area contributed by atoms with Crippen molar-refractivity contribution < 1.29 is 19.4 Å². The fraction of sp³-hybridized carbons (Fsp3) is 0.462. The molecule has 0 saturated carbocycles. The number of hydrogen-bond donors (Lipinski definition) is 1. The minimum absolute atomic E-state index is 0.271. The van der Waals surface area contributed by atoms with Crippen LogP contribution in [-0.2, 0) is 9.53 Å². The summed E-state index contributed by atoms with van der Waals surface area (Å²) in [5.74, 6) is -1.10. The molecule has 1 aromatic heterocycles. The van der Waals surface area contributed by atoms with Gasteiger partial charge in [-0.05, 0) is 25.0 Å². The van der Waals surface area contributed by atoms with Crippen molar-refractivity contribution in [2.45, 2.75) is 26.8 Å². The van der Waals surface area contributed by atoms with E-state index in [2.05, 4.69) is 9.72 Å². The Morgan fingerprint density at radius 2 is 2.00 bits per heavy atom. The minimum Gasteiger partial charge on any atom is -0.480 e. The maximum atomic E-state index is 11.9. The number of carboxylic acids is 1. The quantitative estimate of drug-likeness (QED) is 0.902. The summed E-state index contributed by atoms with van der Waals surface area (Å²) >= 11 is 0. The third-order valence-electron chi connectivity index (χ3n) is 2.65. The highest BCUT2D eigenvalue weighted by molar-refractivity contribution is 5.94. The van der Waals surface area contributed by atoms with Gasteiger partial charge in [0.25, 0.3) is 0 Å². The van der Waals surface area contributed by atoms with Crippen LogP contribution in [0.5, 0.6) is 0 Å². The third kappa shape index (κ3) is 3.43. The van der Waals surface area contributed by atoms with Gasteiger partial charge in [0.15, 0.2) is 0 Å². The lowest BCUT2D eigenvalue weighted by molar-refractivity contribution is -0.139. The molecule has 104 valence electrons. The number of amides is 1. The van der Waals surface area contributed by atoms with Crippen LogP contribution >= 0.6 is 0 Å². The maximum Gasteiger partial charge on any atom is 0.416 e. The van der Waals surface area contributed by atoms with Gasteiger partial charge in [0, 0.05) is 5.69 Å². The SMILES string of the molecule is COC(=O)N(c1cccc(C)n1)[C@H](C(=O)O)C(C)C. The highest BCUT2D eigenvalue weighted by Crippen LogP contribution is 2.21. The molecule has 0 bridgehead atoms. The Labute approximate surface area is 112 Å². The Balaban J connectivity index is 3.28. The fourth-order valence-corrected chi connectivity index (χ4v) is 1.80. The Kier molecular flexibility index (Phi) is 4.86. The smallest absolute Gasteiger partial charge is 0.416 e. The third-order valence-corrected chi connectivity index (χ3v) is 2.65. The number of aromatic nitrogens is 1. The van der Waals surface area contributed by atoms with Gasteiger partial charge in [-0.25, -0.2) is 19.5 Å². The lowest BCUT2D eigenvalue weighted by atomic mass is 10.0. The molecule has 1 heterocycles. The summed E-state index contributed by atoms with van der Waals surface area (Å²) in [5.41, 5.74) is 0.694. The highest BCUT2D eigenvalue weighted by atomic mass is 16.5. The minimum atomic E-state index is -1.09. The Morgan fingerprint density at radius 3 is 2.42 bits per heavy atom. The zero-order valence-electron chi connectivity index (χ0n) is 11.5. The van der Waals surface area contributed by atoms with Crippen molar-refractivity contribution in [2.24, 2.45) is 5.92 Å². The van der Waals surface area contributed by atoms with Gasteiger partial charge < -0.3 is 9.84 Å². The van der Waals surface area contributed by atoms with Crippen molar-refractivity contribution in [1.29, 1.82) is 0 Å². The topological polar surface area (TPSA) is 79.7 Å². The van der Waals surface area contributed by atoms with Crippen LogP contribution in [0.15, 0.2) is 18.2 Å². The number of carbonyl (C=O) groups excluding carboxylic acids is 1. The Bertz CT molecular complexity index is 473. The van der Waals surface area contributed by atoms with Crippen molar-refractivity contribution >= 4 is 17.9 Å². The van der Waals surface area contributed by atoms with Crippen LogP contribution < -0.4 is 4.90 Å². The van der Waals surface area contributed by atoms with Crippen molar-refractivity contribution in [1.82, 2.24) is 4.98 Å². The van der Waals surface area contributed by atoms with E-state index in [-0.39, 0.29) is 11.7 Å². The monoisotopic (exact) mass is 266 g/mol. The second-order valence-corrected chi connectivity index (χ2v) is 4.50. The largest absolute Gasteiger partial charge is 0.480 e. The molecule has 1 aromatic rings. The predicted octanol–water partition coefficient (Wildman–Crippen LogP) is 2.07. The second kappa shape index (κ2) is 6.17. The molecule has 0 unspecified atom stereocenters. The first-order valence-electron chi connectivity index (χ1n) is 5.92. The van der Waals surface area contributed by atoms with E-state index < -0.39 is 18.1 Å². The predicted molar refractivity (Wildman–Crippen MR) is 70.1 cm³/mol. The number of aryl methyl sites for hydroxylation is 1. The zero-order valence-corrected chi connectivity index (χ0v) is 11.5. The Hall–Kier alpha value is -2.11. The van der Waals surface area contributed by atoms with E-state index in [1.165, 1.54) is 7.11 Å². The summed E-state index contributed by atoms with van der Waals surface area (Å²) in [6.07, 6.45) is -0.737. The van der Waals surface area contributed by atoms with Crippen molar-refractivity contribution in [3.63, 3.8) is 0 Å². The molecule has 6 heteroatoms. The molecule has 6 nitrogen and oxygen atoms in total. The normalized spacial score (nSPS) is 12.1. The van der Waals surface area contributed by atoms with Gasteiger partial charge in [-0.2, -0.15) is 0 Å². The maximum absolute atomic E-state index is 11.9. The molecule has 0 aliphatic carbocycles. The van der Waals surface area contributed by atoms with Crippen molar-refractivity contribution in [3.05, 3.63) is 23.9 Å². The average molecular weight is 266 g/mol. The summed E-state index contributed by atoms with van der Waals surface area (Å²) in [7, 11) is 1.21. The molecule has 0 spiro atoms. The number of ether oxygens (including phenoxy) is 1. The number of methoxy groups -OCH3 is 1. The van der Waals surface area contributed by atoms with E-state index in [9.17, 15) is 14.7 Å². The van der Waals surface area contributed by atoms with Crippen LogP contribution in [0.1, 0.15) is 19.5 Å². The highest BCUT2D eigenvalue weighted by Gasteiger charge is 2.35. The van der Waals surface area contributed by atoms with E-state index in [4.69, 9.17) is 0 Å². The number of carbonyl (C=O) groups is 2. The number of pyridine rings is 1. The van der Waals surface area contributed by atoms with Gasteiger partial charge in [0.2, 0.25) is 0 Å². The van der Waals surface area contributed by atoms with Gasteiger partial charge in [-0.3, -0.25) is 0 Å². The average Bonchev–Trinajstić information content (AvgIpc) is 2.33. The van der Waals surface area contributed by atoms with E-state index in [1.54, 1.807) is 39.0 Å². The summed E-state index contributed by atoms with van der Waals surface area (Å²) in [4.78, 5) is 28.5. The molecule has 0 aromatic carbocycles. The standard InChI is InChI=1S/C13H18N2O4/c1-8(2)11(12(16)17)15(13(18)19-4)10-7-5-6-9(3)14-10/h5-8,11H,1-4H3,(H,16,17)/t11-/m0/s1. The van der Waals surface area contributed by atoms with Crippen LogP contribution in [-0.4, -0.2) is 35.3 Å². The lowest BCUT2D eigenvalue weighted by Crippen LogP contribution is -2.48. The van der Waals surface area contributed by atoms with Gasteiger partial charge in [-0.1, -0.05) is 19.9 Å². The van der Waals surface area contributed by atoms with E-state index in [0.29, 0.717) is 5.69 Å². The number of aliphatic carboxylic acids is 1. The van der Waals surface area contributed by atoms with E-state index in [0.717, 1.165) is 4.90 Å². The first-order chi connectivity index (χ1) is 8.88. The summed E-state index contributed by atoms with van der Waals surface area (Å²) < 4.78 is 4.67. The molecule has 19 heavy (non-hydrogen) atoms.